The summed E-state index contributed by atoms with van der Waals surface area (Å²) in [4.78, 5) is 0. The molecule has 0 radical (unpaired) electrons. The average molecular weight is 312 g/mol. The topological polar surface area (TPSA) is 18.5 Å². The molecule has 1 aromatic carbocycles. The molecule has 1 atom stereocenters. The lowest BCUT2D eigenvalue weighted by Gasteiger charge is -2.32. The van der Waals surface area contributed by atoms with Crippen molar-refractivity contribution < 1.29 is 22.5 Å². The highest BCUT2D eigenvalue weighted by atomic mass is 19.3. The molecule has 1 aliphatic carbocycles. The summed E-state index contributed by atoms with van der Waals surface area (Å²) in [5, 5.41) is 0. The van der Waals surface area contributed by atoms with Crippen molar-refractivity contribution in [2.24, 2.45) is 0 Å². The third-order valence-electron chi connectivity index (χ3n) is 5.40. The second kappa shape index (κ2) is 4.29. The summed E-state index contributed by atoms with van der Waals surface area (Å²) in [6, 6.07) is 4.10. The predicted octanol–water partition coefficient (Wildman–Crippen LogP) is 3.42. The van der Waals surface area contributed by atoms with Crippen molar-refractivity contribution in [3.63, 3.8) is 0 Å². The Bertz CT molecular complexity index is 614. The van der Waals surface area contributed by atoms with Crippen LogP contribution < -0.4 is 5.46 Å². The van der Waals surface area contributed by atoms with E-state index < -0.39 is 35.5 Å². The van der Waals surface area contributed by atoms with Crippen molar-refractivity contribution in [1.29, 1.82) is 0 Å². The molecule has 1 heterocycles. The molecule has 0 bridgehead atoms. The van der Waals surface area contributed by atoms with E-state index in [4.69, 9.17) is 9.31 Å². The van der Waals surface area contributed by atoms with Crippen LogP contribution in [0.15, 0.2) is 18.2 Å². The Morgan fingerprint density at radius 3 is 1.95 bits per heavy atom. The normalized spacial score (nSPS) is 31.4. The van der Waals surface area contributed by atoms with Crippen LogP contribution in [-0.2, 0) is 14.7 Å². The predicted molar refractivity (Wildman–Crippen MR) is 79.0 cm³/mol. The molecule has 0 N–H and O–H groups in total. The summed E-state index contributed by atoms with van der Waals surface area (Å²) in [7, 11) is -0.888. The van der Waals surface area contributed by atoms with Crippen LogP contribution in [0.4, 0.5) is 13.2 Å². The van der Waals surface area contributed by atoms with Gasteiger partial charge in [-0.2, -0.15) is 0 Å². The molecule has 3 rings (SSSR count). The molecular weight excluding hydrogens is 292 g/mol. The summed E-state index contributed by atoms with van der Waals surface area (Å²) < 4.78 is 53.0. The smallest absolute Gasteiger partial charge is 0.399 e. The van der Waals surface area contributed by atoms with Gasteiger partial charge in [0.05, 0.1) is 16.6 Å². The first-order valence-corrected chi connectivity index (χ1v) is 7.43. The van der Waals surface area contributed by atoms with Crippen LogP contribution in [-0.4, -0.2) is 24.2 Å². The number of halogens is 3. The van der Waals surface area contributed by atoms with E-state index in [1.807, 2.05) is 27.7 Å². The van der Waals surface area contributed by atoms with Gasteiger partial charge in [0, 0.05) is 11.9 Å². The maximum absolute atomic E-state index is 14.2. The molecule has 0 amide bonds. The lowest BCUT2D eigenvalue weighted by atomic mass is 9.76. The fourth-order valence-electron chi connectivity index (χ4n) is 2.75. The van der Waals surface area contributed by atoms with Crippen LogP contribution >= 0.6 is 0 Å². The second-order valence-electron chi connectivity index (χ2n) is 7.54. The van der Waals surface area contributed by atoms with Gasteiger partial charge >= 0.3 is 7.12 Å². The van der Waals surface area contributed by atoms with E-state index in [2.05, 4.69) is 0 Å². The second-order valence-corrected chi connectivity index (χ2v) is 7.54. The fourth-order valence-corrected chi connectivity index (χ4v) is 2.75. The quantitative estimate of drug-likeness (QED) is 0.779. The number of rotatable bonds is 2. The number of benzene rings is 1. The summed E-state index contributed by atoms with van der Waals surface area (Å²) in [6.07, 6.45) is -0.214. The zero-order valence-corrected chi connectivity index (χ0v) is 13.5. The van der Waals surface area contributed by atoms with Gasteiger partial charge in [-0.3, -0.25) is 0 Å². The van der Waals surface area contributed by atoms with E-state index in [-0.39, 0.29) is 11.9 Å². The standard InChI is InChI=1S/C16H20BF3O2/c1-13(2)14(3,4)22-17(21-13)11-8-10(6-7-12(11)18)15(5)9-16(15,19)20/h6-8H,9H2,1-5H3. The lowest BCUT2D eigenvalue weighted by Crippen LogP contribution is -2.41. The highest BCUT2D eigenvalue weighted by Crippen LogP contribution is 2.61. The van der Waals surface area contributed by atoms with E-state index in [1.54, 1.807) is 0 Å². The first-order valence-electron chi connectivity index (χ1n) is 7.43. The van der Waals surface area contributed by atoms with E-state index >= 15 is 0 Å². The third-order valence-corrected chi connectivity index (χ3v) is 5.40. The molecule has 1 saturated carbocycles. The van der Waals surface area contributed by atoms with Gasteiger partial charge < -0.3 is 9.31 Å². The monoisotopic (exact) mass is 312 g/mol. The molecule has 1 unspecified atom stereocenters. The Balaban J connectivity index is 1.96. The Morgan fingerprint density at radius 2 is 1.50 bits per heavy atom. The molecule has 2 nitrogen and oxygen atoms in total. The van der Waals surface area contributed by atoms with Gasteiger partial charge in [-0.05, 0) is 46.2 Å². The minimum atomic E-state index is -2.74. The van der Waals surface area contributed by atoms with Gasteiger partial charge in [0.15, 0.2) is 0 Å². The summed E-state index contributed by atoms with van der Waals surface area (Å²) >= 11 is 0. The summed E-state index contributed by atoms with van der Waals surface area (Å²) in [5.41, 5.74) is -1.83. The van der Waals surface area contributed by atoms with E-state index in [9.17, 15) is 13.2 Å². The minimum Gasteiger partial charge on any atom is -0.399 e. The Morgan fingerprint density at radius 1 is 1.00 bits per heavy atom. The van der Waals surface area contributed by atoms with Crippen molar-refractivity contribution in [2.75, 3.05) is 0 Å². The Kier molecular flexibility index (Phi) is 3.10. The van der Waals surface area contributed by atoms with Crippen LogP contribution in [0.2, 0.25) is 0 Å². The molecule has 2 aliphatic rings. The van der Waals surface area contributed by atoms with E-state index in [1.165, 1.54) is 25.1 Å². The third kappa shape index (κ3) is 2.11. The van der Waals surface area contributed by atoms with Gasteiger partial charge in [-0.25, -0.2) is 13.2 Å². The minimum absolute atomic E-state index is 0.181. The number of hydrogen-bond donors (Lipinski definition) is 0. The van der Waals surface area contributed by atoms with Crippen LogP contribution in [0, 0.1) is 5.82 Å². The van der Waals surface area contributed by atoms with Gasteiger partial charge in [0.1, 0.15) is 5.82 Å². The zero-order chi connectivity index (χ0) is 16.6. The molecule has 1 saturated heterocycles. The molecule has 22 heavy (non-hydrogen) atoms. The SMILES string of the molecule is CC1(C)OB(c2cc(C3(C)CC3(F)F)ccc2F)OC1(C)C. The lowest BCUT2D eigenvalue weighted by molar-refractivity contribution is 0.00578. The highest BCUT2D eigenvalue weighted by molar-refractivity contribution is 6.62. The molecular formula is C16H20BF3O2. The van der Waals surface area contributed by atoms with E-state index in [0.717, 1.165) is 0 Å². The molecule has 6 heteroatoms. The van der Waals surface area contributed by atoms with Gasteiger partial charge in [-0.15, -0.1) is 0 Å². The van der Waals surface area contributed by atoms with Crippen LogP contribution in [0.25, 0.3) is 0 Å². The van der Waals surface area contributed by atoms with Crippen LogP contribution in [0.5, 0.6) is 0 Å². The molecule has 120 valence electrons. The number of alkyl halides is 2. The molecule has 0 spiro atoms. The zero-order valence-electron chi connectivity index (χ0n) is 13.5. The molecule has 0 aromatic heterocycles. The Hall–Kier alpha value is -1.01. The van der Waals surface area contributed by atoms with Crippen molar-refractivity contribution in [1.82, 2.24) is 0 Å². The summed E-state index contributed by atoms with van der Waals surface area (Å²) in [5.74, 6) is -3.24. The fraction of sp³-hybridized carbons (Fsp3) is 0.625. The van der Waals surface area contributed by atoms with E-state index in [0.29, 0.717) is 5.56 Å². The van der Waals surface area contributed by atoms with Crippen molar-refractivity contribution >= 4 is 12.6 Å². The van der Waals surface area contributed by atoms with Gasteiger partial charge in [0.2, 0.25) is 0 Å². The van der Waals surface area contributed by atoms with Gasteiger partial charge in [0.25, 0.3) is 5.92 Å². The molecule has 1 aliphatic heterocycles. The largest absolute Gasteiger partial charge is 0.497 e. The highest BCUT2D eigenvalue weighted by Gasteiger charge is 2.68. The first kappa shape index (κ1) is 15.9. The van der Waals surface area contributed by atoms with Crippen molar-refractivity contribution in [3.05, 3.63) is 29.6 Å². The van der Waals surface area contributed by atoms with Gasteiger partial charge in [-0.1, -0.05) is 12.1 Å². The maximum Gasteiger partial charge on any atom is 0.497 e. The first-order chi connectivity index (χ1) is 9.90. The van der Waals surface area contributed by atoms with Crippen molar-refractivity contribution in [3.8, 4) is 0 Å². The Labute approximate surface area is 129 Å². The molecule has 2 fully saturated rings. The van der Waals surface area contributed by atoms with Crippen LogP contribution in [0.1, 0.15) is 46.6 Å². The summed E-state index contributed by atoms with van der Waals surface area (Å²) in [6.45, 7) is 8.96. The van der Waals surface area contributed by atoms with Crippen molar-refractivity contribution in [2.45, 2.75) is 63.6 Å². The van der Waals surface area contributed by atoms with Crippen LogP contribution in [0.3, 0.4) is 0 Å². The molecule has 1 aromatic rings. The number of hydrogen-bond acceptors (Lipinski definition) is 2. The average Bonchev–Trinajstić information content (AvgIpc) is 2.78. The maximum atomic E-state index is 14.2.